The molecular weight excluding hydrogens is 294 g/mol. The lowest BCUT2D eigenvalue weighted by Gasteiger charge is -2.23. The number of nitrogens with two attached hydrogens (primary N) is 1. The molecule has 0 spiro atoms. The lowest BCUT2D eigenvalue weighted by atomic mass is 9.89. The number of pyridine rings is 1. The molecule has 0 bridgehead atoms. The molecule has 18 heavy (non-hydrogen) atoms. The molecule has 5 heteroatoms. The highest BCUT2D eigenvalue weighted by atomic mass is 79.9. The highest BCUT2D eigenvalue weighted by Gasteiger charge is 2.29. The number of hydrogen-bond donors (Lipinski definition) is 2. The maximum Gasteiger partial charge on any atom is 0.252 e. The van der Waals surface area contributed by atoms with E-state index in [1.807, 2.05) is 0 Å². The van der Waals surface area contributed by atoms with Crippen molar-refractivity contribution in [2.75, 3.05) is 12.3 Å². The molecule has 0 aliphatic heterocycles. The van der Waals surface area contributed by atoms with Crippen LogP contribution in [0.15, 0.2) is 16.7 Å². The maximum atomic E-state index is 12.1. The number of carbonyl (C=O) groups is 1. The molecule has 98 valence electrons. The van der Waals surface area contributed by atoms with Crippen molar-refractivity contribution in [2.45, 2.75) is 32.6 Å². The fourth-order valence-corrected chi connectivity index (χ4v) is 2.82. The minimum atomic E-state index is -0.0934. The summed E-state index contributed by atoms with van der Waals surface area (Å²) in [5, 5.41) is 3.00. The Morgan fingerprint density at radius 1 is 1.56 bits per heavy atom. The molecule has 0 saturated heterocycles. The number of nitrogens with zero attached hydrogens (tertiary/aromatic N) is 1. The zero-order valence-electron chi connectivity index (χ0n) is 10.5. The van der Waals surface area contributed by atoms with Crippen molar-refractivity contribution in [3.05, 3.63) is 22.3 Å². The van der Waals surface area contributed by atoms with Crippen LogP contribution in [0.2, 0.25) is 0 Å². The second-order valence-electron chi connectivity index (χ2n) is 5.29. The number of amides is 1. The van der Waals surface area contributed by atoms with E-state index in [4.69, 9.17) is 5.73 Å². The smallest absolute Gasteiger partial charge is 0.252 e. The van der Waals surface area contributed by atoms with E-state index < -0.39 is 0 Å². The van der Waals surface area contributed by atoms with Gasteiger partial charge in [-0.15, -0.1) is 0 Å². The fraction of sp³-hybridized carbons (Fsp3) is 0.538. The third kappa shape index (κ3) is 3.02. The van der Waals surface area contributed by atoms with E-state index >= 15 is 0 Å². The van der Waals surface area contributed by atoms with Gasteiger partial charge in [0, 0.05) is 17.2 Å². The highest BCUT2D eigenvalue weighted by Crippen LogP contribution is 2.36. The van der Waals surface area contributed by atoms with Crippen LogP contribution in [0.1, 0.15) is 43.0 Å². The predicted molar refractivity (Wildman–Crippen MR) is 75.3 cm³/mol. The van der Waals surface area contributed by atoms with E-state index in [1.54, 1.807) is 12.3 Å². The molecule has 1 aromatic heterocycles. The molecule has 1 heterocycles. The Balaban J connectivity index is 2.01. The molecule has 1 aliphatic rings. The first kappa shape index (κ1) is 13.3. The Labute approximate surface area is 115 Å². The summed E-state index contributed by atoms with van der Waals surface area (Å²) < 4.78 is 0.672. The van der Waals surface area contributed by atoms with Gasteiger partial charge in [0.2, 0.25) is 0 Å². The minimum Gasteiger partial charge on any atom is -0.384 e. The lowest BCUT2D eigenvalue weighted by Crippen LogP contribution is -2.34. The molecule has 0 unspecified atom stereocenters. The van der Waals surface area contributed by atoms with Crippen LogP contribution in [0.4, 0.5) is 5.82 Å². The molecule has 0 radical (unpaired) electrons. The molecule has 3 N–H and O–H groups in total. The molecule has 2 rings (SSSR count). The number of hydrogen-bond acceptors (Lipinski definition) is 3. The van der Waals surface area contributed by atoms with Crippen LogP contribution in [0.25, 0.3) is 0 Å². The van der Waals surface area contributed by atoms with Gasteiger partial charge >= 0.3 is 0 Å². The van der Waals surface area contributed by atoms with Crippen molar-refractivity contribution in [1.82, 2.24) is 10.3 Å². The van der Waals surface area contributed by atoms with Crippen LogP contribution in [0.3, 0.4) is 0 Å². The third-order valence-electron chi connectivity index (χ3n) is 3.61. The molecule has 1 fully saturated rings. The molecule has 1 saturated carbocycles. The monoisotopic (exact) mass is 311 g/mol. The Morgan fingerprint density at radius 3 is 2.89 bits per heavy atom. The largest absolute Gasteiger partial charge is 0.384 e. The van der Waals surface area contributed by atoms with Crippen LogP contribution >= 0.6 is 15.9 Å². The molecule has 4 nitrogen and oxygen atoms in total. The summed E-state index contributed by atoms with van der Waals surface area (Å²) in [4.78, 5) is 16.0. The first-order chi connectivity index (χ1) is 8.50. The van der Waals surface area contributed by atoms with Gasteiger partial charge in [0.05, 0.1) is 5.56 Å². The number of nitrogens with one attached hydrogen (secondary N) is 1. The van der Waals surface area contributed by atoms with Crippen molar-refractivity contribution >= 4 is 27.7 Å². The summed E-state index contributed by atoms with van der Waals surface area (Å²) in [6.45, 7) is 2.96. The van der Waals surface area contributed by atoms with E-state index in [-0.39, 0.29) is 11.3 Å². The lowest BCUT2D eigenvalue weighted by molar-refractivity contribution is 0.0933. The number of halogens is 1. The van der Waals surface area contributed by atoms with Gasteiger partial charge in [-0.05, 0) is 40.3 Å². The Kier molecular flexibility index (Phi) is 3.90. The summed E-state index contributed by atoms with van der Waals surface area (Å²) in [6, 6.07) is 1.59. The Hall–Kier alpha value is -1.10. The molecule has 1 amide bonds. The quantitative estimate of drug-likeness (QED) is 0.902. The number of anilines is 1. The van der Waals surface area contributed by atoms with Gasteiger partial charge in [-0.2, -0.15) is 0 Å². The molecule has 0 aromatic carbocycles. The summed E-state index contributed by atoms with van der Waals surface area (Å²) in [6.07, 6.45) is 6.46. The van der Waals surface area contributed by atoms with Gasteiger partial charge in [0.1, 0.15) is 5.82 Å². The predicted octanol–water partition coefficient (Wildman–Crippen LogP) is 2.74. The summed E-state index contributed by atoms with van der Waals surface area (Å²) in [7, 11) is 0. The van der Waals surface area contributed by atoms with Gasteiger partial charge < -0.3 is 11.1 Å². The second-order valence-corrected chi connectivity index (χ2v) is 6.14. The van der Waals surface area contributed by atoms with E-state index in [0.29, 0.717) is 15.9 Å². The maximum absolute atomic E-state index is 12.1. The van der Waals surface area contributed by atoms with Crippen molar-refractivity contribution in [3.63, 3.8) is 0 Å². The number of carbonyl (C=O) groups excluding carboxylic acids is 1. The zero-order valence-corrected chi connectivity index (χ0v) is 12.1. The third-order valence-corrected chi connectivity index (χ3v) is 4.24. The van der Waals surface area contributed by atoms with Gasteiger partial charge in [-0.3, -0.25) is 4.79 Å². The van der Waals surface area contributed by atoms with E-state index in [1.165, 1.54) is 25.7 Å². The van der Waals surface area contributed by atoms with Crippen LogP contribution in [-0.2, 0) is 0 Å². The number of rotatable bonds is 3. The average Bonchev–Trinajstić information content (AvgIpc) is 2.77. The first-order valence-corrected chi connectivity index (χ1v) is 6.99. The number of nitrogen functional groups attached to an aromatic ring is 1. The standard InChI is InChI=1S/C13H18BrN3O/c1-13(4-2-3-5-13)8-17-12(18)9-6-11(15)16-7-10(9)14/h6-7H,2-5,8H2,1H3,(H2,15,16)(H,17,18). The summed E-state index contributed by atoms with van der Waals surface area (Å²) in [5.41, 5.74) is 6.39. The molecular formula is C13H18BrN3O. The molecule has 1 aromatic rings. The summed E-state index contributed by atoms with van der Waals surface area (Å²) >= 11 is 3.32. The first-order valence-electron chi connectivity index (χ1n) is 6.19. The SMILES string of the molecule is CC1(CNC(=O)c2cc(N)ncc2Br)CCCC1. The molecule has 1 aliphatic carbocycles. The van der Waals surface area contributed by atoms with Crippen LogP contribution in [0, 0.1) is 5.41 Å². The second kappa shape index (κ2) is 5.26. The van der Waals surface area contributed by atoms with Crippen molar-refractivity contribution < 1.29 is 4.79 Å². The topological polar surface area (TPSA) is 68.0 Å². The fourth-order valence-electron chi connectivity index (χ4n) is 2.42. The van der Waals surface area contributed by atoms with Crippen LogP contribution < -0.4 is 11.1 Å². The van der Waals surface area contributed by atoms with Gasteiger partial charge in [0.25, 0.3) is 5.91 Å². The average molecular weight is 312 g/mol. The molecule has 0 atom stereocenters. The van der Waals surface area contributed by atoms with Crippen LogP contribution in [-0.4, -0.2) is 17.4 Å². The van der Waals surface area contributed by atoms with Crippen molar-refractivity contribution in [3.8, 4) is 0 Å². The minimum absolute atomic E-state index is 0.0934. The Morgan fingerprint density at radius 2 is 2.22 bits per heavy atom. The van der Waals surface area contributed by atoms with Gasteiger partial charge in [0.15, 0.2) is 0 Å². The van der Waals surface area contributed by atoms with E-state index in [2.05, 4.69) is 33.2 Å². The number of aromatic nitrogens is 1. The van der Waals surface area contributed by atoms with Gasteiger partial charge in [-0.1, -0.05) is 19.8 Å². The van der Waals surface area contributed by atoms with Crippen LogP contribution in [0.5, 0.6) is 0 Å². The summed E-state index contributed by atoms with van der Waals surface area (Å²) in [5.74, 6) is 0.263. The van der Waals surface area contributed by atoms with E-state index in [9.17, 15) is 4.79 Å². The zero-order chi connectivity index (χ0) is 13.2. The van der Waals surface area contributed by atoms with Gasteiger partial charge in [-0.25, -0.2) is 4.98 Å². The Bertz CT molecular complexity index is 456. The van der Waals surface area contributed by atoms with Crippen molar-refractivity contribution in [2.24, 2.45) is 5.41 Å². The highest BCUT2D eigenvalue weighted by molar-refractivity contribution is 9.10. The van der Waals surface area contributed by atoms with Crippen molar-refractivity contribution in [1.29, 1.82) is 0 Å². The van der Waals surface area contributed by atoms with E-state index in [0.717, 1.165) is 6.54 Å². The normalized spacial score (nSPS) is 17.7.